The Hall–Kier alpha value is -0.310. The van der Waals surface area contributed by atoms with Crippen molar-refractivity contribution >= 4 is 24.8 Å². The smallest absolute Gasteiger partial charge is 0.0404 e. The molecule has 0 aliphatic carbocycles. The first-order chi connectivity index (χ1) is 6.95. The van der Waals surface area contributed by atoms with Crippen LogP contribution in [0.5, 0.6) is 0 Å². The van der Waals surface area contributed by atoms with Gasteiger partial charge in [-0.15, -0.1) is 24.8 Å². The van der Waals surface area contributed by atoms with Gasteiger partial charge in [-0.3, -0.25) is 4.98 Å². The zero-order valence-electron chi connectivity index (χ0n) is 9.39. The van der Waals surface area contributed by atoms with Gasteiger partial charge >= 0.3 is 0 Å². The second-order valence-corrected chi connectivity index (χ2v) is 4.01. The summed E-state index contributed by atoms with van der Waals surface area (Å²) in [6.45, 7) is 1.20. The highest BCUT2D eigenvalue weighted by Gasteiger charge is 2.11. The van der Waals surface area contributed by atoms with Gasteiger partial charge in [0, 0.05) is 17.9 Å². The molecule has 0 amide bonds. The van der Waals surface area contributed by atoms with Crippen molar-refractivity contribution in [2.45, 2.75) is 38.1 Å². The maximum absolute atomic E-state index is 4.34. The number of nitrogens with one attached hydrogen (secondary N) is 1. The molecule has 1 N–H and O–H groups in total. The van der Waals surface area contributed by atoms with Crippen LogP contribution in [0.25, 0.3) is 0 Å². The van der Waals surface area contributed by atoms with Crippen LogP contribution >= 0.6 is 24.8 Å². The van der Waals surface area contributed by atoms with Crippen molar-refractivity contribution in [1.82, 2.24) is 10.3 Å². The second kappa shape index (κ2) is 8.80. The Morgan fingerprint density at radius 3 is 2.75 bits per heavy atom. The Balaban J connectivity index is 0.00000112. The van der Waals surface area contributed by atoms with Crippen LogP contribution in [0.15, 0.2) is 24.4 Å². The molecule has 1 fully saturated rings. The Bertz CT molecular complexity index is 261. The van der Waals surface area contributed by atoms with Gasteiger partial charge in [0.05, 0.1) is 0 Å². The molecule has 2 heterocycles. The van der Waals surface area contributed by atoms with Gasteiger partial charge in [-0.05, 0) is 44.4 Å². The number of piperidine rings is 1. The summed E-state index contributed by atoms with van der Waals surface area (Å²) in [7, 11) is 0. The quantitative estimate of drug-likeness (QED) is 0.906. The molecule has 0 saturated carbocycles. The molecule has 4 heteroatoms. The highest BCUT2D eigenvalue weighted by Crippen LogP contribution is 2.12. The lowest BCUT2D eigenvalue weighted by molar-refractivity contribution is 0.382. The van der Waals surface area contributed by atoms with Gasteiger partial charge in [0.1, 0.15) is 0 Å². The highest BCUT2D eigenvalue weighted by molar-refractivity contribution is 5.85. The summed E-state index contributed by atoms with van der Waals surface area (Å²) in [6.07, 6.45) is 8.30. The predicted molar refractivity (Wildman–Crippen MR) is 72.7 cm³/mol. The summed E-state index contributed by atoms with van der Waals surface area (Å²) < 4.78 is 0. The summed E-state index contributed by atoms with van der Waals surface area (Å²) in [4.78, 5) is 4.34. The molecule has 1 aromatic heterocycles. The van der Waals surface area contributed by atoms with Crippen LogP contribution in [0, 0.1) is 0 Å². The third-order valence-corrected chi connectivity index (χ3v) is 2.89. The first kappa shape index (κ1) is 15.7. The fourth-order valence-corrected chi connectivity index (χ4v) is 2.04. The Labute approximate surface area is 110 Å². The fraction of sp³-hybridized carbons (Fsp3) is 0.583. The van der Waals surface area contributed by atoms with Crippen molar-refractivity contribution in [1.29, 1.82) is 0 Å². The minimum atomic E-state index is 0. The van der Waals surface area contributed by atoms with Crippen LogP contribution in [-0.4, -0.2) is 17.6 Å². The molecule has 0 aromatic carbocycles. The normalized spacial score (nSPS) is 19.4. The van der Waals surface area contributed by atoms with Crippen LogP contribution in [0.3, 0.4) is 0 Å². The molecule has 1 unspecified atom stereocenters. The number of aryl methyl sites for hydroxylation is 1. The number of hydrogen-bond acceptors (Lipinski definition) is 2. The van der Waals surface area contributed by atoms with Crippen molar-refractivity contribution < 1.29 is 0 Å². The first-order valence-corrected chi connectivity index (χ1v) is 5.58. The number of rotatable bonds is 3. The van der Waals surface area contributed by atoms with Gasteiger partial charge < -0.3 is 5.32 Å². The third kappa shape index (κ3) is 5.15. The largest absolute Gasteiger partial charge is 0.314 e. The molecule has 0 bridgehead atoms. The zero-order chi connectivity index (χ0) is 9.64. The highest BCUT2D eigenvalue weighted by atomic mass is 35.5. The van der Waals surface area contributed by atoms with Crippen molar-refractivity contribution in [2.24, 2.45) is 0 Å². The Morgan fingerprint density at radius 1 is 1.25 bits per heavy atom. The monoisotopic (exact) mass is 262 g/mol. The van der Waals surface area contributed by atoms with E-state index in [1.807, 2.05) is 12.3 Å². The van der Waals surface area contributed by atoms with Gasteiger partial charge in [0.25, 0.3) is 0 Å². The van der Waals surface area contributed by atoms with E-state index in [4.69, 9.17) is 0 Å². The minimum absolute atomic E-state index is 0. The van der Waals surface area contributed by atoms with Crippen LogP contribution in [0.4, 0.5) is 0 Å². The Kier molecular flexibility index (Phi) is 8.63. The SMILES string of the molecule is Cl.Cl.c1ccc(CCC2CCCCN2)nc1. The zero-order valence-corrected chi connectivity index (χ0v) is 11.0. The van der Waals surface area contributed by atoms with E-state index in [0.717, 1.165) is 12.5 Å². The summed E-state index contributed by atoms with van der Waals surface area (Å²) in [5.74, 6) is 0. The first-order valence-electron chi connectivity index (χ1n) is 5.58. The minimum Gasteiger partial charge on any atom is -0.314 e. The van der Waals surface area contributed by atoms with Gasteiger partial charge in [-0.1, -0.05) is 12.5 Å². The molecule has 92 valence electrons. The molecule has 1 aliphatic heterocycles. The average molecular weight is 263 g/mol. The van der Waals surface area contributed by atoms with E-state index < -0.39 is 0 Å². The lowest BCUT2D eigenvalue weighted by Crippen LogP contribution is -2.34. The van der Waals surface area contributed by atoms with Gasteiger partial charge in [-0.25, -0.2) is 0 Å². The van der Waals surface area contributed by atoms with Crippen molar-refractivity contribution in [3.63, 3.8) is 0 Å². The molecule has 1 aromatic rings. The van der Waals surface area contributed by atoms with Crippen molar-refractivity contribution in [3.8, 4) is 0 Å². The van der Waals surface area contributed by atoms with E-state index in [1.165, 1.54) is 37.9 Å². The molecule has 2 nitrogen and oxygen atoms in total. The summed E-state index contributed by atoms with van der Waals surface area (Å²) in [5, 5.41) is 3.56. The van der Waals surface area contributed by atoms with Crippen molar-refractivity contribution in [2.75, 3.05) is 6.54 Å². The molecular formula is C12H20Cl2N2. The molecule has 16 heavy (non-hydrogen) atoms. The number of hydrogen-bond donors (Lipinski definition) is 1. The second-order valence-electron chi connectivity index (χ2n) is 4.01. The standard InChI is InChI=1S/C12H18N2.2ClH/c1-3-9-13-11(5-1)7-8-12-6-2-4-10-14-12;;/h1,3,5,9,12,14H,2,4,6-8,10H2;2*1H. The predicted octanol–water partition coefficient (Wildman–Crippen LogP) is 3.00. The van der Waals surface area contributed by atoms with E-state index in [1.54, 1.807) is 0 Å². The Morgan fingerprint density at radius 2 is 2.12 bits per heavy atom. The molecule has 1 aliphatic rings. The third-order valence-electron chi connectivity index (χ3n) is 2.89. The fourth-order valence-electron chi connectivity index (χ4n) is 2.04. The van der Waals surface area contributed by atoms with E-state index >= 15 is 0 Å². The summed E-state index contributed by atoms with van der Waals surface area (Å²) in [6, 6.07) is 6.88. The van der Waals surface area contributed by atoms with E-state index in [-0.39, 0.29) is 24.8 Å². The molecule has 0 spiro atoms. The lowest BCUT2D eigenvalue weighted by Gasteiger charge is -2.23. The lowest BCUT2D eigenvalue weighted by atomic mass is 10.00. The summed E-state index contributed by atoms with van der Waals surface area (Å²) in [5.41, 5.74) is 1.22. The maximum Gasteiger partial charge on any atom is 0.0404 e. The van der Waals surface area contributed by atoms with Crippen molar-refractivity contribution in [3.05, 3.63) is 30.1 Å². The molecule has 1 atom stereocenters. The van der Waals surface area contributed by atoms with Crippen LogP contribution in [0.2, 0.25) is 0 Å². The molecule has 1 saturated heterocycles. The van der Waals surface area contributed by atoms with Crippen LogP contribution in [0.1, 0.15) is 31.4 Å². The molecule has 0 radical (unpaired) electrons. The average Bonchev–Trinajstić information content (AvgIpc) is 2.29. The van der Waals surface area contributed by atoms with Gasteiger partial charge in [-0.2, -0.15) is 0 Å². The number of pyridine rings is 1. The number of aromatic nitrogens is 1. The van der Waals surface area contributed by atoms with E-state index in [9.17, 15) is 0 Å². The summed E-state index contributed by atoms with van der Waals surface area (Å²) >= 11 is 0. The topological polar surface area (TPSA) is 24.9 Å². The van der Waals surface area contributed by atoms with Gasteiger partial charge in [0.2, 0.25) is 0 Å². The number of nitrogens with zero attached hydrogens (tertiary/aromatic N) is 1. The molecule has 2 rings (SSSR count). The van der Waals surface area contributed by atoms with Crippen LogP contribution < -0.4 is 5.32 Å². The van der Waals surface area contributed by atoms with E-state index in [2.05, 4.69) is 22.4 Å². The van der Waals surface area contributed by atoms with Gasteiger partial charge in [0.15, 0.2) is 0 Å². The number of halogens is 2. The maximum atomic E-state index is 4.34. The van der Waals surface area contributed by atoms with E-state index in [0.29, 0.717) is 0 Å². The molecular weight excluding hydrogens is 243 g/mol. The van der Waals surface area contributed by atoms with Crippen LogP contribution in [-0.2, 0) is 6.42 Å².